The number of piperazine rings is 1. The minimum absolute atomic E-state index is 0.0944. The third kappa shape index (κ3) is 3.38. The largest absolute Gasteiger partial charge is 0.330 e. The summed E-state index contributed by atoms with van der Waals surface area (Å²) in [6, 6.07) is 7.92. The van der Waals surface area contributed by atoms with Crippen LogP contribution in [0.15, 0.2) is 24.3 Å². The van der Waals surface area contributed by atoms with Gasteiger partial charge in [-0.25, -0.2) is 13.4 Å². The normalized spacial score (nSPS) is 28.2. The molecule has 0 radical (unpaired) electrons. The van der Waals surface area contributed by atoms with Gasteiger partial charge in [0.25, 0.3) is 0 Å². The third-order valence-electron chi connectivity index (χ3n) is 5.80. The van der Waals surface area contributed by atoms with Gasteiger partial charge >= 0.3 is 0 Å². The molecule has 9 heteroatoms. The van der Waals surface area contributed by atoms with Crippen molar-refractivity contribution in [3.05, 3.63) is 30.1 Å². The number of hydrazine groups is 1. The molecule has 2 N–H and O–H groups in total. The summed E-state index contributed by atoms with van der Waals surface area (Å²) in [4.78, 5) is 7.01. The van der Waals surface area contributed by atoms with E-state index in [9.17, 15) is 8.42 Å². The SMILES string of the molecule is CC1NNC(C)C1S(=O)(=O)N1CCN(Cc2nc3ccccc3n2C)CC1. The average Bonchev–Trinajstić information content (AvgIpc) is 3.15. The van der Waals surface area contributed by atoms with Gasteiger partial charge in [-0.15, -0.1) is 0 Å². The van der Waals surface area contributed by atoms with Crippen LogP contribution in [0.3, 0.4) is 0 Å². The molecule has 2 unspecified atom stereocenters. The van der Waals surface area contributed by atoms with E-state index in [1.807, 2.05) is 39.1 Å². The van der Waals surface area contributed by atoms with Crippen molar-refractivity contribution in [2.24, 2.45) is 7.05 Å². The smallest absolute Gasteiger partial charge is 0.220 e. The van der Waals surface area contributed by atoms with E-state index >= 15 is 0 Å². The van der Waals surface area contributed by atoms with Gasteiger partial charge in [0.1, 0.15) is 11.1 Å². The van der Waals surface area contributed by atoms with Crippen molar-refractivity contribution in [1.29, 1.82) is 0 Å². The van der Waals surface area contributed by atoms with Gasteiger partial charge in [0.05, 0.1) is 17.6 Å². The van der Waals surface area contributed by atoms with Crippen molar-refractivity contribution in [3.63, 3.8) is 0 Å². The van der Waals surface area contributed by atoms with Crippen molar-refractivity contribution in [2.45, 2.75) is 37.7 Å². The number of hydrogen-bond donors (Lipinski definition) is 2. The van der Waals surface area contributed by atoms with Gasteiger partial charge in [0.15, 0.2) is 0 Å². The molecule has 27 heavy (non-hydrogen) atoms. The van der Waals surface area contributed by atoms with Gasteiger partial charge in [-0.1, -0.05) is 12.1 Å². The summed E-state index contributed by atoms with van der Waals surface area (Å²) in [6.45, 7) is 7.07. The summed E-state index contributed by atoms with van der Waals surface area (Å²) < 4.78 is 29.9. The van der Waals surface area contributed by atoms with Crippen LogP contribution in [0.5, 0.6) is 0 Å². The molecule has 2 aliphatic rings. The van der Waals surface area contributed by atoms with Gasteiger partial charge in [0, 0.05) is 45.3 Å². The van der Waals surface area contributed by atoms with Crippen LogP contribution >= 0.6 is 0 Å². The maximum Gasteiger partial charge on any atom is 0.220 e. The molecule has 0 amide bonds. The standard InChI is InChI=1S/C18H28N6O2S/c1-13-18(14(2)21-20-13)27(25,26)24-10-8-23(9-11-24)12-17-19-15-6-4-5-7-16(15)22(17)3/h4-7,13-14,18,20-21H,8-12H2,1-3H3. The Bertz CT molecular complexity index is 909. The number of imidazole rings is 1. The molecule has 0 spiro atoms. The maximum absolute atomic E-state index is 13.1. The van der Waals surface area contributed by atoms with E-state index in [1.54, 1.807) is 4.31 Å². The minimum atomic E-state index is -3.32. The molecule has 2 atom stereocenters. The Balaban J connectivity index is 1.42. The van der Waals surface area contributed by atoms with E-state index in [-0.39, 0.29) is 12.1 Å². The van der Waals surface area contributed by atoms with Gasteiger partial charge < -0.3 is 4.57 Å². The molecular formula is C18H28N6O2S. The van der Waals surface area contributed by atoms with Crippen molar-refractivity contribution in [1.82, 2.24) is 29.6 Å². The molecule has 4 rings (SSSR count). The van der Waals surface area contributed by atoms with Crippen molar-refractivity contribution in [2.75, 3.05) is 26.2 Å². The number of benzene rings is 1. The second kappa shape index (κ2) is 7.14. The minimum Gasteiger partial charge on any atom is -0.330 e. The second-order valence-corrected chi connectivity index (χ2v) is 9.72. The van der Waals surface area contributed by atoms with Crippen LogP contribution in [-0.4, -0.2) is 70.7 Å². The summed E-state index contributed by atoms with van der Waals surface area (Å²) in [6.07, 6.45) is 0. The Morgan fingerprint density at radius 3 is 2.33 bits per heavy atom. The first-order valence-electron chi connectivity index (χ1n) is 9.50. The monoisotopic (exact) mass is 392 g/mol. The molecular weight excluding hydrogens is 364 g/mol. The molecule has 0 aliphatic carbocycles. The number of hydrogen-bond acceptors (Lipinski definition) is 6. The molecule has 2 aliphatic heterocycles. The Hall–Kier alpha value is -1.52. The molecule has 2 fully saturated rings. The molecule has 1 aromatic heterocycles. The number of aromatic nitrogens is 2. The lowest BCUT2D eigenvalue weighted by Gasteiger charge is -2.36. The zero-order valence-electron chi connectivity index (χ0n) is 16.1. The van der Waals surface area contributed by atoms with Crippen LogP contribution < -0.4 is 10.9 Å². The number of para-hydroxylation sites is 2. The van der Waals surface area contributed by atoms with Crippen LogP contribution in [0.25, 0.3) is 11.0 Å². The molecule has 0 saturated carbocycles. The molecule has 2 aromatic rings. The number of nitrogens with one attached hydrogen (secondary N) is 2. The molecule has 3 heterocycles. The highest BCUT2D eigenvalue weighted by Gasteiger charge is 2.44. The lowest BCUT2D eigenvalue weighted by atomic mass is 10.2. The highest BCUT2D eigenvalue weighted by molar-refractivity contribution is 7.89. The number of aryl methyl sites for hydroxylation is 1. The highest BCUT2D eigenvalue weighted by Crippen LogP contribution is 2.22. The Morgan fingerprint density at radius 1 is 1.07 bits per heavy atom. The Kier molecular flexibility index (Phi) is 4.98. The first kappa shape index (κ1) is 18.8. The summed E-state index contributed by atoms with van der Waals surface area (Å²) in [5.74, 6) is 1.01. The maximum atomic E-state index is 13.1. The van der Waals surface area contributed by atoms with Crippen LogP contribution in [0.2, 0.25) is 0 Å². The Labute approximate surface area is 160 Å². The predicted molar refractivity (Wildman–Crippen MR) is 105 cm³/mol. The summed E-state index contributed by atoms with van der Waals surface area (Å²) in [7, 11) is -1.29. The highest BCUT2D eigenvalue weighted by atomic mass is 32.2. The topological polar surface area (TPSA) is 82.5 Å². The van der Waals surface area contributed by atoms with Crippen LogP contribution in [-0.2, 0) is 23.6 Å². The first-order chi connectivity index (χ1) is 12.9. The van der Waals surface area contributed by atoms with Crippen molar-refractivity contribution in [3.8, 4) is 0 Å². The first-order valence-corrected chi connectivity index (χ1v) is 11.0. The fraction of sp³-hybridized carbons (Fsp3) is 0.611. The quantitative estimate of drug-likeness (QED) is 0.778. The number of rotatable bonds is 4. The lowest BCUT2D eigenvalue weighted by molar-refractivity contribution is 0.176. The van der Waals surface area contributed by atoms with Crippen LogP contribution in [0.1, 0.15) is 19.7 Å². The van der Waals surface area contributed by atoms with Crippen molar-refractivity contribution >= 4 is 21.1 Å². The number of sulfonamides is 1. The average molecular weight is 393 g/mol. The summed E-state index contributed by atoms with van der Waals surface area (Å²) in [5, 5.41) is -0.427. The fourth-order valence-corrected chi connectivity index (χ4v) is 6.41. The van der Waals surface area contributed by atoms with E-state index in [0.717, 1.165) is 36.5 Å². The van der Waals surface area contributed by atoms with E-state index in [2.05, 4.69) is 26.4 Å². The molecule has 8 nitrogen and oxygen atoms in total. The van der Waals surface area contributed by atoms with Gasteiger partial charge in [-0.2, -0.15) is 4.31 Å². The fourth-order valence-electron chi connectivity index (χ4n) is 4.23. The van der Waals surface area contributed by atoms with E-state index in [0.29, 0.717) is 13.1 Å². The zero-order valence-corrected chi connectivity index (χ0v) is 16.9. The molecule has 1 aromatic carbocycles. The Morgan fingerprint density at radius 2 is 1.70 bits per heavy atom. The number of fused-ring (bicyclic) bond motifs is 1. The molecule has 2 saturated heterocycles. The zero-order chi connectivity index (χ0) is 19.2. The second-order valence-electron chi connectivity index (χ2n) is 7.63. The van der Waals surface area contributed by atoms with Crippen molar-refractivity contribution < 1.29 is 8.42 Å². The number of nitrogens with zero attached hydrogens (tertiary/aromatic N) is 4. The van der Waals surface area contributed by atoms with Crippen LogP contribution in [0, 0.1) is 0 Å². The van der Waals surface area contributed by atoms with Gasteiger partial charge in [-0.3, -0.25) is 15.8 Å². The molecule has 0 bridgehead atoms. The third-order valence-corrected chi connectivity index (χ3v) is 8.39. The lowest BCUT2D eigenvalue weighted by Crippen LogP contribution is -2.54. The van der Waals surface area contributed by atoms with E-state index < -0.39 is 15.3 Å². The van der Waals surface area contributed by atoms with E-state index in [4.69, 9.17) is 4.98 Å². The van der Waals surface area contributed by atoms with Gasteiger partial charge in [-0.05, 0) is 26.0 Å². The van der Waals surface area contributed by atoms with Crippen LogP contribution in [0.4, 0.5) is 0 Å². The molecule has 148 valence electrons. The van der Waals surface area contributed by atoms with Gasteiger partial charge in [0.2, 0.25) is 10.0 Å². The van der Waals surface area contributed by atoms with E-state index in [1.165, 1.54) is 0 Å². The summed E-state index contributed by atoms with van der Waals surface area (Å²) in [5.41, 5.74) is 8.22. The summed E-state index contributed by atoms with van der Waals surface area (Å²) >= 11 is 0. The predicted octanol–water partition coefficient (Wildman–Crippen LogP) is 0.274.